The third kappa shape index (κ3) is 3.77. The molecule has 1 aromatic heterocycles. The van der Waals surface area contributed by atoms with Crippen molar-refractivity contribution >= 4 is 12.2 Å². The van der Waals surface area contributed by atoms with Crippen molar-refractivity contribution in [3.05, 3.63) is 53.2 Å². The predicted molar refractivity (Wildman–Crippen MR) is 68.9 cm³/mol. The van der Waals surface area contributed by atoms with Crippen molar-refractivity contribution in [2.45, 2.75) is 6.18 Å². The first-order valence-corrected chi connectivity index (χ1v) is 5.82. The average molecular weight is 298 g/mol. The Balaban J connectivity index is 2.18. The second-order valence-electron chi connectivity index (χ2n) is 4.04. The molecule has 0 aliphatic carbocycles. The van der Waals surface area contributed by atoms with Crippen molar-refractivity contribution in [2.75, 3.05) is 7.11 Å². The van der Waals surface area contributed by atoms with Crippen LogP contribution in [0, 0.1) is 5.82 Å². The molecule has 0 N–H and O–H groups in total. The molecule has 1 aromatic carbocycles. The minimum Gasteiger partial charge on any atom is -0.479 e. The van der Waals surface area contributed by atoms with E-state index in [2.05, 4.69) is 9.97 Å². The molecule has 0 saturated heterocycles. The van der Waals surface area contributed by atoms with Crippen LogP contribution in [0.5, 0.6) is 5.88 Å². The maximum Gasteiger partial charge on any atom is 0.416 e. The molecular weight excluding hydrogens is 288 g/mol. The zero-order valence-electron chi connectivity index (χ0n) is 10.9. The van der Waals surface area contributed by atoms with Gasteiger partial charge in [-0.3, -0.25) is 0 Å². The van der Waals surface area contributed by atoms with E-state index in [4.69, 9.17) is 4.74 Å². The lowest BCUT2D eigenvalue weighted by atomic mass is 10.1. The van der Waals surface area contributed by atoms with Gasteiger partial charge in [0.2, 0.25) is 5.82 Å². The number of alkyl halides is 3. The number of hydrogen-bond acceptors (Lipinski definition) is 3. The highest BCUT2D eigenvalue weighted by molar-refractivity contribution is 5.66. The molecule has 2 rings (SSSR count). The van der Waals surface area contributed by atoms with E-state index in [1.165, 1.54) is 31.4 Å². The van der Waals surface area contributed by atoms with Gasteiger partial charge >= 0.3 is 6.18 Å². The van der Waals surface area contributed by atoms with Gasteiger partial charge in [0.25, 0.3) is 5.88 Å². The van der Waals surface area contributed by atoms with Gasteiger partial charge < -0.3 is 4.74 Å². The second kappa shape index (κ2) is 5.90. The molecule has 0 fully saturated rings. The highest BCUT2D eigenvalue weighted by atomic mass is 19.4. The Morgan fingerprint density at radius 3 is 2.33 bits per heavy atom. The smallest absolute Gasteiger partial charge is 0.416 e. The lowest BCUT2D eigenvalue weighted by molar-refractivity contribution is -0.137. The van der Waals surface area contributed by atoms with Gasteiger partial charge in [-0.2, -0.15) is 22.5 Å². The van der Waals surface area contributed by atoms with Crippen molar-refractivity contribution in [2.24, 2.45) is 0 Å². The normalized spacial score (nSPS) is 11.9. The summed E-state index contributed by atoms with van der Waals surface area (Å²) in [5.74, 6) is -0.700. The van der Waals surface area contributed by atoms with Crippen LogP contribution >= 0.6 is 0 Å². The van der Waals surface area contributed by atoms with Gasteiger partial charge in [0.1, 0.15) is 0 Å². The summed E-state index contributed by atoms with van der Waals surface area (Å²) in [6.45, 7) is 0. The van der Waals surface area contributed by atoms with Gasteiger partial charge in [-0.25, -0.2) is 4.98 Å². The summed E-state index contributed by atoms with van der Waals surface area (Å²) in [6, 6.07) is 4.59. The minimum atomic E-state index is -4.37. The molecule has 0 bridgehead atoms. The van der Waals surface area contributed by atoms with Crippen LogP contribution < -0.4 is 4.74 Å². The Morgan fingerprint density at radius 1 is 1.10 bits per heavy atom. The molecule has 0 amide bonds. The molecule has 0 saturated carbocycles. The van der Waals surface area contributed by atoms with E-state index < -0.39 is 17.6 Å². The van der Waals surface area contributed by atoms with E-state index in [1.807, 2.05) is 0 Å². The molecule has 0 aliphatic heterocycles. The van der Waals surface area contributed by atoms with Crippen molar-refractivity contribution in [3.8, 4) is 5.88 Å². The Morgan fingerprint density at radius 2 is 1.76 bits per heavy atom. The Bertz CT molecular complexity index is 651. The zero-order chi connectivity index (χ0) is 15.5. The van der Waals surface area contributed by atoms with E-state index in [0.29, 0.717) is 5.56 Å². The zero-order valence-corrected chi connectivity index (χ0v) is 10.9. The third-order valence-corrected chi connectivity index (χ3v) is 2.59. The second-order valence-corrected chi connectivity index (χ2v) is 4.04. The lowest BCUT2D eigenvalue weighted by Crippen LogP contribution is -2.03. The maximum atomic E-state index is 13.1. The van der Waals surface area contributed by atoms with Crippen molar-refractivity contribution in [1.29, 1.82) is 0 Å². The van der Waals surface area contributed by atoms with Crippen LogP contribution in [0.4, 0.5) is 17.6 Å². The summed E-state index contributed by atoms with van der Waals surface area (Å²) in [4.78, 5) is 7.51. The van der Waals surface area contributed by atoms with Crippen LogP contribution in [0.1, 0.15) is 17.0 Å². The molecular formula is C14H10F4N2O. The van der Waals surface area contributed by atoms with Gasteiger partial charge in [0.15, 0.2) is 5.82 Å². The summed E-state index contributed by atoms with van der Waals surface area (Å²) >= 11 is 0. The average Bonchev–Trinajstić information content (AvgIpc) is 2.46. The standard InChI is InChI=1S/C14H10F4N2O/c1-21-13-11(15)8-19-12(20-13)7-4-9-2-5-10(6-3-9)14(16,17)18/h2-8H,1H3/b7-4+. The topological polar surface area (TPSA) is 35.0 Å². The monoisotopic (exact) mass is 298 g/mol. The summed E-state index contributed by atoms with van der Waals surface area (Å²) in [7, 11) is 1.27. The largest absolute Gasteiger partial charge is 0.479 e. The molecule has 21 heavy (non-hydrogen) atoms. The van der Waals surface area contributed by atoms with Gasteiger partial charge in [-0.05, 0) is 23.8 Å². The summed E-state index contributed by atoms with van der Waals surface area (Å²) in [5.41, 5.74) is -0.186. The van der Waals surface area contributed by atoms with Gasteiger partial charge in [-0.1, -0.05) is 18.2 Å². The summed E-state index contributed by atoms with van der Waals surface area (Å²) in [5, 5.41) is 0. The van der Waals surface area contributed by atoms with Crippen molar-refractivity contribution in [3.63, 3.8) is 0 Å². The molecule has 0 atom stereocenters. The first-order chi connectivity index (χ1) is 9.90. The van der Waals surface area contributed by atoms with Crippen LogP contribution in [0.2, 0.25) is 0 Å². The van der Waals surface area contributed by atoms with E-state index >= 15 is 0 Å². The molecule has 0 spiro atoms. The fraction of sp³-hybridized carbons (Fsp3) is 0.143. The van der Waals surface area contributed by atoms with Crippen LogP contribution in [0.25, 0.3) is 12.2 Å². The van der Waals surface area contributed by atoms with Gasteiger partial charge in [0, 0.05) is 0 Å². The molecule has 2 aromatic rings. The molecule has 1 heterocycles. The first kappa shape index (κ1) is 15.0. The molecule has 0 unspecified atom stereocenters. The van der Waals surface area contributed by atoms with E-state index in [0.717, 1.165) is 18.3 Å². The van der Waals surface area contributed by atoms with Crippen LogP contribution in [-0.4, -0.2) is 17.1 Å². The van der Waals surface area contributed by atoms with Gasteiger partial charge in [-0.15, -0.1) is 0 Å². The molecule has 110 valence electrons. The molecule has 0 radical (unpaired) electrons. The Labute approximate surface area is 117 Å². The molecule has 3 nitrogen and oxygen atoms in total. The number of hydrogen-bond donors (Lipinski definition) is 0. The number of rotatable bonds is 3. The SMILES string of the molecule is COc1nc(/C=C/c2ccc(C(F)(F)F)cc2)ncc1F. The Kier molecular flexibility index (Phi) is 4.21. The quantitative estimate of drug-likeness (QED) is 0.808. The van der Waals surface area contributed by atoms with Crippen molar-refractivity contribution < 1.29 is 22.3 Å². The highest BCUT2D eigenvalue weighted by Crippen LogP contribution is 2.29. The first-order valence-electron chi connectivity index (χ1n) is 5.82. The van der Waals surface area contributed by atoms with E-state index in [9.17, 15) is 17.6 Å². The number of methoxy groups -OCH3 is 1. The highest BCUT2D eigenvalue weighted by Gasteiger charge is 2.29. The number of halogens is 4. The van der Waals surface area contributed by atoms with Crippen LogP contribution in [-0.2, 0) is 6.18 Å². The van der Waals surface area contributed by atoms with Gasteiger partial charge in [0.05, 0.1) is 18.9 Å². The maximum absolute atomic E-state index is 13.1. The van der Waals surface area contributed by atoms with E-state index in [-0.39, 0.29) is 11.7 Å². The molecule has 7 heteroatoms. The van der Waals surface area contributed by atoms with E-state index in [1.54, 1.807) is 0 Å². The molecule has 0 aliphatic rings. The fourth-order valence-electron chi connectivity index (χ4n) is 1.54. The number of nitrogens with zero attached hydrogens (tertiary/aromatic N) is 2. The minimum absolute atomic E-state index is 0.188. The van der Waals surface area contributed by atoms with Crippen molar-refractivity contribution in [1.82, 2.24) is 9.97 Å². The predicted octanol–water partition coefficient (Wildman–Crippen LogP) is 3.81. The fourth-order valence-corrected chi connectivity index (χ4v) is 1.54. The van der Waals surface area contributed by atoms with Crippen LogP contribution in [0.3, 0.4) is 0 Å². The van der Waals surface area contributed by atoms with Crippen LogP contribution in [0.15, 0.2) is 30.5 Å². The number of aromatic nitrogens is 2. The summed E-state index contributed by atoms with van der Waals surface area (Å²) < 4.78 is 55.0. The summed E-state index contributed by atoms with van der Waals surface area (Å²) in [6.07, 6.45) is -0.439. The third-order valence-electron chi connectivity index (χ3n) is 2.59. The lowest BCUT2D eigenvalue weighted by Gasteiger charge is -2.05. The number of ether oxygens (including phenoxy) is 1. The number of benzene rings is 1. The Hall–Kier alpha value is -2.44.